The molecule has 2 aromatic rings. The summed E-state index contributed by atoms with van der Waals surface area (Å²) in [5, 5.41) is 4.89. The Morgan fingerprint density at radius 1 is 1.11 bits per heavy atom. The monoisotopic (exact) mass is 300 g/mol. The number of nitrogens with zero attached hydrogens (tertiary/aromatic N) is 1. The van der Waals surface area contributed by atoms with Gasteiger partial charge in [0.05, 0.1) is 21.9 Å². The van der Waals surface area contributed by atoms with Gasteiger partial charge in [-0.05, 0) is 36.2 Å². The Labute approximate surface area is 121 Å². The van der Waals surface area contributed by atoms with Gasteiger partial charge < -0.3 is 5.32 Å². The number of benzene rings is 1. The topological polar surface area (TPSA) is 24.9 Å². The molecular weight excluding hydrogens is 291 g/mol. The first kappa shape index (κ1) is 13.5. The molecule has 0 aliphatic heterocycles. The van der Waals surface area contributed by atoms with Crippen molar-refractivity contribution in [3.63, 3.8) is 0 Å². The predicted octanol–water partition coefficient (Wildman–Crippen LogP) is 4.96. The van der Waals surface area contributed by atoms with Gasteiger partial charge in [-0.25, -0.2) is 4.98 Å². The summed E-state index contributed by atoms with van der Waals surface area (Å²) < 4.78 is 0. The zero-order valence-electron chi connectivity index (χ0n) is 9.67. The van der Waals surface area contributed by atoms with E-state index in [1.165, 1.54) is 0 Å². The normalized spacial score (nSPS) is 10.4. The van der Waals surface area contributed by atoms with E-state index >= 15 is 0 Å². The van der Waals surface area contributed by atoms with Gasteiger partial charge in [0.25, 0.3) is 0 Å². The van der Waals surface area contributed by atoms with Crippen molar-refractivity contribution in [2.24, 2.45) is 0 Å². The number of anilines is 1. The molecule has 0 saturated heterocycles. The number of rotatable bonds is 3. The second kappa shape index (κ2) is 5.79. The van der Waals surface area contributed by atoms with Gasteiger partial charge in [0.15, 0.2) is 0 Å². The molecule has 0 bridgehead atoms. The van der Waals surface area contributed by atoms with Crippen LogP contribution in [0.15, 0.2) is 30.5 Å². The van der Waals surface area contributed by atoms with Crippen molar-refractivity contribution in [1.82, 2.24) is 4.98 Å². The van der Waals surface area contributed by atoms with E-state index in [9.17, 15) is 0 Å². The average Bonchev–Trinajstić information content (AvgIpc) is 2.32. The highest BCUT2D eigenvalue weighted by molar-refractivity contribution is 6.42. The molecule has 5 heteroatoms. The fourth-order valence-electron chi connectivity index (χ4n) is 1.55. The van der Waals surface area contributed by atoms with Crippen molar-refractivity contribution in [1.29, 1.82) is 0 Å². The van der Waals surface area contributed by atoms with Gasteiger partial charge in [-0.3, -0.25) is 0 Å². The third-order valence-corrected chi connectivity index (χ3v) is 3.49. The summed E-state index contributed by atoms with van der Waals surface area (Å²) in [7, 11) is 0. The number of hydrogen-bond donors (Lipinski definition) is 1. The molecule has 0 aliphatic carbocycles. The van der Waals surface area contributed by atoms with E-state index in [1.807, 2.05) is 25.1 Å². The quantitative estimate of drug-likeness (QED) is 0.810. The Hall–Kier alpha value is -0.960. The lowest BCUT2D eigenvalue weighted by molar-refractivity contribution is 1.12. The van der Waals surface area contributed by atoms with E-state index in [1.54, 1.807) is 12.3 Å². The third kappa shape index (κ3) is 3.29. The fourth-order valence-corrected chi connectivity index (χ4v) is 2.09. The molecule has 0 amide bonds. The van der Waals surface area contributed by atoms with Crippen LogP contribution in [-0.4, -0.2) is 4.98 Å². The van der Waals surface area contributed by atoms with Gasteiger partial charge >= 0.3 is 0 Å². The van der Waals surface area contributed by atoms with Crippen molar-refractivity contribution in [2.45, 2.75) is 13.5 Å². The van der Waals surface area contributed by atoms with Gasteiger partial charge in [0, 0.05) is 6.54 Å². The smallest absolute Gasteiger partial charge is 0.129 e. The summed E-state index contributed by atoms with van der Waals surface area (Å²) in [5.74, 6) is 0. The predicted molar refractivity (Wildman–Crippen MR) is 77.8 cm³/mol. The number of hydrogen-bond acceptors (Lipinski definition) is 2. The SMILES string of the molecule is Cc1cc(Cl)ncc1NCc1ccc(Cl)c(Cl)c1. The van der Waals surface area contributed by atoms with Crippen LogP contribution in [0.1, 0.15) is 11.1 Å². The molecule has 1 aromatic heterocycles. The molecule has 1 aromatic carbocycles. The molecule has 18 heavy (non-hydrogen) atoms. The van der Waals surface area contributed by atoms with E-state index in [4.69, 9.17) is 34.8 Å². The first-order chi connectivity index (χ1) is 8.56. The van der Waals surface area contributed by atoms with E-state index in [0.29, 0.717) is 21.7 Å². The maximum atomic E-state index is 5.96. The lowest BCUT2D eigenvalue weighted by Crippen LogP contribution is -2.01. The molecule has 2 nitrogen and oxygen atoms in total. The molecular formula is C13H11Cl3N2. The van der Waals surface area contributed by atoms with Crippen LogP contribution in [0, 0.1) is 6.92 Å². The Kier molecular flexibility index (Phi) is 4.33. The van der Waals surface area contributed by atoms with Crippen LogP contribution in [0.5, 0.6) is 0 Å². The summed E-state index contributed by atoms with van der Waals surface area (Å²) in [6, 6.07) is 7.38. The van der Waals surface area contributed by atoms with Gasteiger partial charge in [-0.2, -0.15) is 0 Å². The number of aryl methyl sites for hydroxylation is 1. The van der Waals surface area contributed by atoms with E-state index in [0.717, 1.165) is 16.8 Å². The molecule has 1 N–H and O–H groups in total. The minimum atomic E-state index is 0.493. The molecule has 0 saturated carbocycles. The highest BCUT2D eigenvalue weighted by atomic mass is 35.5. The molecule has 94 valence electrons. The highest BCUT2D eigenvalue weighted by Crippen LogP contribution is 2.23. The average molecular weight is 302 g/mol. The molecule has 0 spiro atoms. The van der Waals surface area contributed by atoms with Crippen molar-refractivity contribution in [3.05, 3.63) is 56.8 Å². The Morgan fingerprint density at radius 3 is 2.56 bits per heavy atom. The summed E-state index contributed by atoms with van der Waals surface area (Å²) in [4.78, 5) is 4.04. The first-order valence-corrected chi connectivity index (χ1v) is 6.49. The maximum Gasteiger partial charge on any atom is 0.129 e. The summed E-state index contributed by atoms with van der Waals surface area (Å²) in [6.45, 7) is 2.63. The molecule has 2 rings (SSSR count). The molecule has 1 heterocycles. The van der Waals surface area contributed by atoms with Crippen LogP contribution in [0.3, 0.4) is 0 Å². The molecule has 0 radical (unpaired) electrons. The second-order valence-electron chi connectivity index (χ2n) is 3.92. The first-order valence-electron chi connectivity index (χ1n) is 5.36. The summed E-state index contributed by atoms with van der Waals surface area (Å²) in [5.41, 5.74) is 3.05. The summed E-state index contributed by atoms with van der Waals surface area (Å²) in [6.07, 6.45) is 1.72. The van der Waals surface area contributed by atoms with Crippen LogP contribution in [0.4, 0.5) is 5.69 Å². The van der Waals surface area contributed by atoms with Gasteiger partial charge in [-0.1, -0.05) is 40.9 Å². The van der Waals surface area contributed by atoms with Crippen LogP contribution in [-0.2, 0) is 6.54 Å². The van der Waals surface area contributed by atoms with Gasteiger partial charge in [-0.15, -0.1) is 0 Å². The number of pyridine rings is 1. The largest absolute Gasteiger partial charge is 0.380 e. The maximum absolute atomic E-state index is 5.96. The van der Waals surface area contributed by atoms with Crippen LogP contribution in [0.25, 0.3) is 0 Å². The Bertz CT molecular complexity index is 570. The van der Waals surface area contributed by atoms with Crippen molar-refractivity contribution >= 4 is 40.5 Å². The molecule has 0 atom stereocenters. The van der Waals surface area contributed by atoms with E-state index in [2.05, 4.69) is 10.3 Å². The van der Waals surface area contributed by atoms with Crippen molar-refractivity contribution in [3.8, 4) is 0 Å². The highest BCUT2D eigenvalue weighted by Gasteiger charge is 2.02. The lowest BCUT2D eigenvalue weighted by atomic mass is 10.2. The molecule has 0 unspecified atom stereocenters. The van der Waals surface area contributed by atoms with Crippen LogP contribution < -0.4 is 5.32 Å². The third-order valence-electron chi connectivity index (χ3n) is 2.54. The second-order valence-corrected chi connectivity index (χ2v) is 5.13. The van der Waals surface area contributed by atoms with E-state index in [-0.39, 0.29) is 0 Å². The minimum Gasteiger partial charge on any atom is -0.380 e. The minimum absolute atomic E-state index is 0.493. The van der Waals surface area contributed by atoms with Crippen LogP contribution >= 0.6 is 34.8 Å². The fraction of sp³-hybridized carbons (Fsp3) is 0.154. The lowest BCUT2D eigenvalue weighted by Gasteiger charge is -2.09. The molecule has 0 fully saturated rings. The number of nitrogens with one attached hydrogen (secondary N) is 1. The van der Waals surface area contributed by atoms with Crippen LogP contribution in [0.2, 0.25) is 15.2 Å². The number of halogens is 3. The summed E-state index contributed by atoms with van der Waals surface area (Å²) >= 11 is 17.6. The molecule has 0 aliphatic rings. The van der Waals surface area contributed by atoms with Crippen molar-refractivity contribution < 1.29 is 0 Å². The zero-order chi connectivity index (χ0) is 13.1. The zero-order valence-corrected chi connectivity index (χ0v) is 11.9. The Morgan fingerprint density at radius 2 is 1.89 bits per heavy atom. The number of aromatic nitrogens is 1. The van der Waals surface area contributed by atoms with Gasteiger partial charge in [0.1, 0.15) is 5.15 Å². The van der Waals surface area contributed by atoms with E-state index < -0.39 is 0 Å². The Balaban J connectivity index is 2.09. The standard InChI is InChI=1S/C13H11Cl3N2/c1-8-4-13(16)18-7-12(8)17-6-9-2-3-10(14)11(15)5-9/h2-5,7,17H,6H2,1H3. The van der Waals surface area contributed by atoms with Crippen molar-refractivity contribution in [2.75, 3.05) is 5.32 Å². The van der Waals surface area contributed by atoms with Gasteiger partial charge in [0.2, 0.25) is 0 Å².